The minimum Gasteiger partial charge on any atom is -0.492 e. The molecule has 0 aliphatic carbocycles. The molecule has 2 aromatic rings. The predicted octanol–water partition coefficient (Wildman–Crippen LogP) is 4.17. The summed E-state index contributed by atoms with van der Waals surface area (Å²) in [6.45, 7) is 0.927. The molecule has 0 aliphatic heterocycles. The van der Waals surface area contributed by atoms with Crippen LogP contribution in [0.4, 0.5) is 16.2 Å². The van der Waals surface area contributed by atoms with Crippen molar-refractivity contribution in [3.05, 3.63) is 52.5 Å². The number of nitrogen functional groups attached to an aromatic ring is 1. The van der Waals surface area contributed by atoms with Gasteiger partial charge < -0.3 is 21.1 Å². The van der Waals surface area contributed by atoms with Crippen molar-refractivity contribution < 1.29 is 9.53 Å². The van der Waals surface area contributed by atoms with Crippen LogP contribution in [0.1, 0.15) is 6.42 Å². The fourth-order valence-corrected chi connectivity index (χ4v) is 2.17. The molecule has 0 bridgehead atoms. The van der Waals surface area contributed by atoms with E-state index in [1.54, 1.807) is 30.3 Å². The monoisotopic (exact) mass is 353 g/mol. The first-order valence-electron chi connectivity index (χ1n) is 7.03. The Bertz CT molecular complexity index is 680. The van der Waals surface area contributed by atoms with Gasteiger partial charge in [0.25, 0.3) is 0 Å². The Balaban J connectivity index is 1.67. The van der Waals surface area contributed by atoms with E-state index >= 15 is 0 Å². The summed E-state index contributed by atoms with van der Waals surface area (Å²) in [5.74, 6) is 0.634. The zero-order valence-corrected chi connectivity index (χ0v) is 13.8. The zero-order chi connectivity index (χ0) is 16.7. The van der Waals surface area contributed by atoms with Crippen molar-refractivity contribution in [2.24, 2.45) is 0 Å². The SMILES string of the molecule is Nc1ccc(NC(=O)NCCCOc2ccccc2Cl)cc1Cl. The third-order valence-electron chi connectivity index (χ3n) is 2.96. The number of benzene rings is 2. The minimum atomic E-state index is -0.316. The Morgan fingerprint density at radius 3 is 2.65 bits per heavy atom. The molecule has 0 fully saturated rings. The van der Waals surface area contributed by atoms with Crippen molar-refractivity contribution in [1.29, 1.82) is 0 Å². The van der Waals surface area contributed by atoms with Crippen LogP contribution in [-0.4, -0.2) is 19.2 Å². The standard InChI is InChI=1S/C16H17Cl2N3O2/c17-12-4-1-2-5-15(12)23-9-3-8-20-16(22)21-11-6-7-14(19)13(18)10-11/h1-2,4-7,10H,3,8-9,19H2,(H2,20,21,22). The van der Waals surface area contributed by atoms with Gasteiger partial charge in [-0.3, -0.25) is 0 Å². The van der Waals surface area contributed by atoms with Gasteiger partial charge in [-0.1, -0.05) is 35.3 Å². The Morgan fingerprint density at radius 1 is 1.13 bits per heavy atom. The number of amides is 2. The Kier molecular flexibility index (Phi) is 6.38. The molecule has 7 heteroatoms. The van der Waals surface area contributed by atoms with Crippen LogP contribution >= 0.6 is 23.2 Å². The lowest BCUT2D eigenvalue weighted by Gasteiger charge is -2.10. The van der Waals surface area contributed by atoms with Crippen LogP contribution in [0.3, 0.4) is 0 Å². The number of ether oxygens (including phenoxy) is 1. The number of nitrogens with two attached hydrogens (primary N) is 1. The van der Waals surface area contributed by atoms with E-state index < -0.39 is 0 Å². The third kappa shape index (κ3) is 5.54. The number of anilines is 2. The van der Waals surface area contributed by atoms with Gasteiger partial charge in [-0.25, -0.2) is 4.79 Å². The average Bonchev–Trinajstić information content (AvgIpc) is 2.52. The van der Waals surface area contributed by atoms with Gasteiger partial charge in [-0.15, -0.1) is 0 Å². The number of para-hydroxylation sites is 1. The van der Waals surface area contributed by atoms with Crippen LogP contribution < -0.4 is 21.1 Å². The smallest absolute Gasteiger partial charge is 0.319 e. The Labute approximate surface area is 144 Å². The maximum absolute atomic E-state index is 11.7. The molecule has 0 aromatic heterocycles. The van der Waals surface area contributed by atoms with Gasteiger partial charge in [0.2, 0.25) is 0 Å². The van der Waals surface area contributed by atoms with Crippen molar-refractivity contribution in [3.63, 3.8) is 0 Å². The van der Waals surface area contributed by atoms with E-state index in [1.165, 1.54) is 0 Å². The summed E-state index contributed by atoms with van der Waals surface area (Å²) in [6, 6.07) is 11.8. The van der Waals surface area contributed by atoms with E-state index in [0.29, 0.717) is 46.7 Å². The fourth-order valence-electron chi connectivity index (χ4n) is 1.80. The molecule has 0 aliphatic rings. The number of carbonyl (C=O) groups excluding carboxylic acids is 1. The van der Waals surface area contributed by atoms with Crippen LogP contribution in [0.25, 0.3) is 0 Å². The van der Waals surface area contributed by atoms with Crippen LogP contribution in [0.5, 0.6) is 5.75 Å². The molecule has 5 nitrogen and oxygen atoms in total. The molecule has 0 saturated carbocycles. The summed E-state index contributed by atoms with van der Waals surface area (Å²) >= 11 is 11.9. The maximum Gasteiger partial charge on any atom is 0.319 e. The van der Waals surface area contributed by atoms with Gasteiger partial charge in [-0.05, 0) is 36.8 Å². The van der Waals surface area contributed by atoms with Gasteiger partial charge in [0.1, 0.15) is 5.75 Å². The largest absolute Gasteiger partial charge is 0.492 e. The second kappa shape index (κ2) is 8.50. The summed E-state index contributed by atoms with van der Waals surface area (Å²) in [5, 5.41) is 6.37. The molecule has 0 radical (unpaired) electrons. The van der Waals surface area contributed by atoms with E-state index in [0.717, 1.165) is 0 Å². The van der Waals surface area contributed by atoms with Gasteiger partial charge in [0.05, 0.1) is 22.3 Å². The molecular weight excluding hydrogens is 337 g/mol. The quantitative estimate of drug-likeness (QED) is 0.538. The van der Waals surface area contributed by atoms with E-state index in [2.05, 4.69) is 10.6 Å². The zero-order valence-electron chi connectivity index (χ0n) is 12.3. The van der Waals surface area contributed by atoms with E-state index in [4.69, 9.17) is 33.7 Å². The highest BCUT2D eigenvalue weighted by Crippen LogP contribution is 2.23. The highest BCUT2D eigenvalue weighted by molar-refractivity contribution is 6.33. The third-order valence-corrected chi connectivity index (χ3v) is 3.60. The van der Waals surface area contributed by atoms with Crippen LogP contribution in [-0.2, 0) is 0 Å². The molecule has 0 unspecified atom stereocenters. The molecule has 2 amide bonds. The minimum absolute atomic E-state index is 0.316. The molecule has 122 valence electrons. The lowest BCUT2D eigenvalue weighted by atomic mass is 10.3. The molecule has 0 saturated heterocycles. The number of carbonyl (C=O) groups is 1. The van der Waals surface area contributed by atoms with Crippen molar-refractivity contribution in [2.45, 2.75) is 6.42 Å². The topological polar surface area (TPSA) is 76.4 Å². The molecule has 23 heavy (non-hydrogen) atoms. The number of urea groups is 1. The van der Waals surface area contributed by atoms with Gasteiger partial charge >= 0.3 is 6.03 Å². The first-order chi connectivity index (χ1) is 11.1. The molecule has 0 heterocycles. The average molecular weight is 354 g/mol. The normalized spacial score (nSPS) is 10.2. The first kappa shape index (κ1) is 17.2. The second-order valence-electron chi connectivity index (χ2n) is 4.75. The number of nitrogens with one attached hydrogen (secondary N) is 2. The summed E-state index contributed by atoms with van der Waals surface area (Å²) in [5.41, 5.74) is 6.65. The molecule has 0 spiro atoms. The van der Waals surface area contributed by atoms with E-state index in [9.17, 15) is 4.79 Å². The van der Waals surface area contributed by atoms with E-state index in [1.807, 2.05) is 12.1 Å². The van der Waals surface area contributed by atoms with Crippen LogP contribution in [0.15, 0.2) is 42.5 Å². The van der Waals surface area contributed by atoms with E-state index in [-0.39, 0.29) is 6.03 Å². The van der Waals surface area contributed by atoms with Gasteiger partial charge in [0, 0.05) is 12.2 Å². The molecule has 4 N–H and O–H groups in total. The summed E-state index contributed by atoms with van der Waals surface area (Å²) in [4.78, 5) is 11.7. The highest BCUT2D eigenvalue weighted by Gasteiger charge is 2.04. The van der Waals surface area contributed by atoms with Crippen LogP contribution in [0.2, 0.25) is 10.0 Å². The number of hydrogen-bond acceptors (Lipinski definition) is 3. The van der Waals surface area contributed by atoms with Crippen molar-refractivity contribution in [2.75, 3.05) is 24.2 Å². The summed E-state index contributed by atoms with van der Waals surface area (Å²) in [6.07, 6.45) is 0.654. The molecule has 2 aromatic carbocycles. The van der Waals surface area contributed by atoms with Gasteiger partial charge in [-0.2, -0.15) is 0 Å². The van der Waals surface area contributed by atoms with Gasteiger partial charge in [0.15, 0.2) is 0 Å². The summed E-state index contributed by atoms with van der Waals surface area (Å²) < 4.78 is 5.53. The second-order valence-corrected chi connectivity index (χ2v) is 5.56. The van der Waals surface area contributed by atoms with Crippen molar-refractivity contribution in [1.82, 2.24) is 5.32 Å². The van der Waals surface area contributed by atoms with Crippen molar-refractivity contribution >= 4 is 40.6 Å². The highest BCUT2D eigenvalue weighted by atomic mass is 35.5. The fraction of sp³-hybridized carbons (Fsp3) is 0.188. The van der Waals surface area contributed by atoms with Crippen LogP contribution in [0, 0.1) is 0 Å². The molecular formula is C16H17Cl2N3O2. The lowest BCUT2D eigenvalue weighted by molar-refractivity contribution is 0.250. The molecule has 0 atom stereocenters. The lowest BCUT2D eigenvalue weighted by Crippen LogP contribution is -2.30. The van der Waals surface area contributed by atoms with Crippen molar-refractivity contribution in [3.8, 4) is 5.75 Å². The number of halogens is 2. The first-order valence-corrected chi connectivity index (χ1v) is 7.79. The Morgan fingerprint density at radius 2 is 1.91 bits per heavy atom. The number of rotatable bonds is 6. The predicted molar refractivity (Wildman–Crippen MR) is 94.4 cm³/mol. The molecule has 2 rings (SSSR count). The summed E-state index contributed by atoms with van der Waals surface area (Å²) in [7, 11) is 0. The number of hydrogen-bond donors (Lipinski definition) is 3. The maximum atomic E-state index is 11.7. The Hall–Kier alpha value is -2.11.